The summed E-state index contributed by atoms with van der Waals surface area (Å²) in [7, 11) is 1.54. The van der Waals surface area contributed by atoms with Crippen molar-refractivity contribution in [1.29, 1.82) is 5.26 Å². The fourth-order valence-corrected chi connectivity index (χ4v) is 2.14. The molecule has 1 saturated heterocycles. The standard InChI is InChI=1S/C12H11N3O2S/c1-17-9-5-3-2-4-7(9)10-8(6-13)11(16)15-12(18)14-10/h2-5,8,10H,1H3,(H2,14,15,16,18). The number of para-hydroxylation sites is 1. The Kier molecular flexibility index (Phi) is 3.44. The van der Waals surface area contributed by atoms with E-state index in [1.165, 1.54) is 0 Å². The molecule has 1 heterocycles. The molecule has 1 fully saturated rings. The molecule has 18 heavy (non-hydrogen) atoms. The van der Waals surface area contributed by atoms with Gasteiger partial charge in [-0.3, -0.25) is 4.79 Å². The molecule has 2 rings (SSSR count). The second kappa shape index (κ2) is 5.02. The van der Waals surface area contributed by atoms with Gasteiger partial charge in [-0.05, 0) is 18.3 Å². The molecule has 92 valence electrons. The lowest BCUT2D eigenvalue weighted by molar-refractivity contribution is -0.123. The van der Waals surface area contributed by atoms with E-state index in [-0.39, 0.29) is 5.11 Å². The second-order valence-electron chi connectivity index (χ2n) is 3.79. The Morgan fingerprint density at radius 2 is 2.17 bits per heavy atom. The quantitative estimate of drug-likeness (QED) is 0.773. The summed E-state index contributed by atoms with van der Waals surface area (Å²) in [4.78, 5) is 11.7. The Balaban J connectivity index is 2.43. The Morgan fingerprint density at radius 1 is 1.44 bits per heavy atom. The summed E-state index contributed by atoms with van der Waals surface area (Å²) < 4.78 is 5.24. The molecule has 1 aromatic rings. The number of thiocarbonyl (C=S) groups is 1. The van der Waals surface area contributed by atoms with Crippen LogP contribution in [-0.2, 0) is 4.79 Å². The minimum Gasteiger partial charge on any atom is -0.496 e. The molecule has 1 aliphatic heterocycles. The van der Waals surface area contributed by atoms with Gasteiger partial charge in [0.15, 0.2) is 5.11 Å². The minimum absolute atomic E-state index is 0.224. The van der Waals surface area contributed by atoms with Gasteiger partial charge in [-0.25, -0.2) is 0 Å². The van der Waals surface area contributed by atoms with Gasteiger partial charge in [0.05, 0.1) is 19.2 Å². The summed E-state index contributed by atoms with van der Waals surface area (Å²) in [6.07, 6.45) is 0. The number of hydrogen-bond donors (Lipinski definition) is 2. The molecule has 2 atom stereocenters. The lowest BCUT2D eigenvalue weighted by atomic mass is 9.91. The fourth-order valence-electron chi connectivity index (χ4n) is 1.92. The number of amides is 1. The molecule has 0 spiro atoms. The molecule has 1 aromatic carbocycles. The van der Waals surface area contributed by atoms with Crippen LogP contribution in [0.15, 0.2) is 24.3 Å². The fraction of sp³-hybridized carbons (Fsp3) is 0.250. The summed E-state index contributed by atoms with van der Waals surface area (Å²) in [5.41, 5.74) is 0.740. The number of carbonyl (C=O) groups excluding carboxylic acids is 1. The van der Waals surface area contributed by atoms with Gasteiger partial charge >= 0.3 is 0 Å². The highest BCUT2D eigenvalue weighted by Crippen LogP contribution is 2.31. The van der Waals surface area contributed by atoms with Gasteiger partial charge in [0, 0.05) is 5.56 Å². The second-order valence-corrected chi connectivity index (χ2v) is 4.20. The number of benzene rings is 1. The lowest BCUT2D eigenvalue weighted by Crippen LogP contribution is -2.53. The third-order valence-electron chi connectivity index (χ3n) is 2.75. The first-order valence-corrected chi connectivity index (χ1v) is 5.72. The molecule has 0 aliphatic carbocycles. The molecule has 5 nitrogen and oxygen atoms in total. The van der Waals surface area contributed by atoms with Crippen LogP contribution in [0.4, 0.5) is 0 Å². The molecule has 0 radical (unpaired) electrons. The van der Waals surface area contributed by atoms with E-state index in [0.29, 0.717) is 5.75 Å². The molecular formula is C12H11N3O2S. The van der Waals surface area contributed by atoms with E-state index >= 15 is 0 Å². The first kappa shape index (κ1) is 12.3. The van der Waals surface area contributed by atoms with Crippen molar-refractivity contribution in [2.75, 3.05) is 7.11 Å². The summed E-state index contributed by atoms with van der Waals surface area (Å²) in [6.45, 7) is 0. The van der Waals surface area contributed by atoms with Gasteiger partial charge in [0.2, 0.25) is 5.91 Å². The minimum atomic E-state index is -0.840. The molecule has 2 unspecified atom stereocenters. The van der Waals surface area contributed by atoms with Gasteiger partial charge in [-0.1, -0.05) is 18.2 Å². The zero-order chi connectivity index (χ0) is 13.1. The topological polar surface area (TPSA) is 74.2 Å². The smallest absolute Gasteiger partial charge is 0.245 e. The van der Waals surface area contributed by atoms with E-state index in [2.05, 4.69) is 10.6 Å². The van der Waals surface area contributed by atoms with Gasteiger partial charge in [0.1, 0.15) is 11.7 Å². The summed E-state index contributed by atoms with van der Waals surface area (Å²) in [6, 6.07) is 8.72. The summed E-state index contributed by atoms with van der Waals surface area (Å²) in [5.74, 6) is -0.613. The number of ether oxygens (including phenoxy) is 1. The number of nitrogens with one attached hydrogen (secondary N) is 2. The van der Waals surface area contributed by atoms with Crippen LogP contribution < -0.4 is 15.4 Å². The van der Waals surface area contributed by atoms with Gasteiger partial charge in [0.25, 0.3) is 0 Å². The zero-order valence-electron chi connectivity index (χ0n) is 9.64. The number of carbonyl (C=O) groups is 1. The van der Waals surface area contributed by atoms with Crippen molar-refractivity contribution in [3.05, 3.63) is 29.8 Å². The van der Waals surface area contributed by atoms with Gasteiger partial charge in [-0.2, -0.15) is 5.26 Å². The maximum Gasteiger partial charge on any atom is 0.245 e. The van der Waals surface area contributed by atoms with Crippen molar-refractivity contribution in [2.45, 2.75) is 6.04 Å². The van der Waals surface area contributed by atoms with Crippen molar-refractivity contribution in [1.82, 2.24) is 10.6 Å². The van der Waals surface area contributed by atoms with Crippen molar-refractivity contribution < 1.29 is 9.53 Å². The van der Waals surface area contributed by atoms with Gasteiger partial charge in [-0.15, -0.1) is 0 Å². The maximum absolute atomic E-state index is 11.7. The van der Waals surface area contributed by atoms with Gasteiger partial charge < -0.3 is 15.4 Å². The molecule has 2 N–H and O–H groups in total. The highest BCUT2D eigenvalue weighted by Gasteiger charge is 2.36. The third-order valence-corrected chi connectivity index (χ3v) is 2.97. The van der Waals surface area contributed by atoms with Crippen LogP contribution in [0, 0.1) is 17.2 Å². The van der Waals surface area contributed by atoms with Crippen LogP contribution >= 0.6 is 12.2 Å². The SMILES string of the molecule is COc1ccccc1C1NC(=S)NC(=O)C1C#N. The predicted molar refractivity (Wildman–Crippen MR) is 68.7 cm³/mol. The normalized spacial score (nSPS) is 22.7. The van der Waals surface area contributed by atoms with Crippen molar-refractivity contribution in [2.24, 2.45) is 5.92 Å². The zero-order valence-corrected chi connectivity index (χ0v) is 10.5. The predicted octanol–water partition coefficient (Wildman–Crippen LogP) is 0.880. The van der Waals surface area contributed by atoms with E-state index in [1.807, 2.05) is 24.3 Å². The summed E-state index contributed by atoms with van der Waals surface area (Å²) >= 11 is 4.95. The first-order chi connectivity index (χ1) is 8.67. The van der Waals surface area contributed by atoms with Crippen LogP contribution in [0.5, 0.6) is 5.75 Å². The van der Waals surface area contributed by atoms with Crippen molar-refractivity contribution >= 4 is 23.2 Å². The van der Waals surface area contributed by atoms with E-state index in [4.69, 9.17) is 22.2 Å². The van der Waals surface area contributed by atoms with Crippen LogP contribution in [-0.4, -0.2) is 18.1 Å². The van der Waals surface area contributed by atoms with E-state index in [0.717, 1.165) is 5.56 Å². The van der Waals surface area contributed by atoms with E-state index in [1.54, 1.807) is 13.2 Å². The highest BCUT2D eigenvalue weighted by atomic mass is 32.1. The van der Waals surface area contributed by atoms with Crippen molar-refractivity contribution in [3.63, 3.8) is 0 Å². The molecule has 0 saturated carbocycles. The van der Waals surface area contributed by atoms with E-state index < -0.39 is 17.9 Å². The Labute approximate surface area is 110 Å². The lowest BCUT2D eigenvalue weighted by Gasteiger charge is -2.30. The molecule has 0 aromatic heterocycles. The van der Waals surface area contributed by atoms with Crippen LogP contribution in [0.2, 0.25) is 0 Å². The maximum atomic E-state index is 11.7. The largest absolute Gasteiger partial charge is 0.496 e. The number of nitrogens with zero attached hydrogens (tertiary/aromatic N) is 1. The summed E-state index contributed by atoms with van der Waals surface area (Å²) in [5, 5.41) is 14.7. The van der Waals surface area contributed by atoms with Crippen LogP contribution in [0.25, 0.3) is 0 Å². The van der Waals surface area contributed by atoms with Crippen LogP contribution in [0.1, 0.15) is 11.6 Å². The number of nitriles is 1. The Hall–Kier alpha value is -2.13. The number of rotatable bonds is 2. The highest BCUT2D eigenvalue weighted by molar-refractivity contribution is 7.80. The Morgan fingerprint density at radius 3 is 2.83 bits per heavy atom. The average Bonchev–Trinajstić information content (AvgIpc) is 2.38. The molecule has 0 bridgehead atoms. The monoisotopic (exact) mass is 261 g/mol. The average molecular weight is 261 g/mol. The Bertz CT molecular complexity index is 538. The van der Waals surface area contributed by atoms with Crippen LogP contribution in [0.3, 0.4) is 0 Å². The molecule has 1 amide bonds. The molecular weight excluding hydrogens is 250 g/mol. The first-order valence-electron chi connectivity index (χ1n) is 5.31. The molecule has 6 heteroatoms. The number of hydrogen-bond acceptors (Lipinski definition) is 4. The third kappa shape index (κ3) is 2.13. The van der Waals surface area contributed by atoms with E-state index in [9.17, 15) is 4.79 Å². The van der Waals surface area contributed by atoms with Crippen molar-refractivity contribution in [3.8, 4) is 11.8 Å². The number of methoxy groups -OCH3 is 1. The molecule has 1 aliphatic rings.